The second-order valence-electron chi connectivity index (χ2n) is 4.15. The van der Waals surface area contributed by atoms with Gasteiger partial charge in [-0.3, -0.25) is 0 Å². The van der Waals surface area contributed by atoms with Crippen LogP contribution >= 0.6 is 11.6 Å². The highest BCUT2D eigenvalue weighted by Gasteiger charge is 2.17. The molecule has 0 amide bonds. The molecule has 1 fully saturated rings. The molecule has 78 valence electrons. The predicted octanol–water partition coefficient (Wildman–Crippen LogP) is 3.13. The minimum atomic E-state index is 0.795. The van der Waals surface area contributed by atoms with Gasteiger partial charge in [0.25, 0.3) is 0 Å². The van der Waals surface area contributed by atoms with Crippen molar-refractivity contribution >= 4 is 11.6 Å². The quantitative estimate of drug-likeness (QED) is 0.490. The van der Waals surface area contributed by atoms with E-state index in [2.05, 4.69) is 11.8 Å². The highest BCUT2D eigenvalue weighted by atomic mass is 35.5. The molecular weight excluding hydrogens is 182 g/mol. The van der Waals surface area contributed by atoms with Crippen molar-refractivity contribution in [3.05, 3.63) is 0 Å². The first-order chi connectivity index (χ1) is 6.36. The lowest BCUT2D eigenvalue weighted by Crippen LogP contribution is -2.34. The molecule has 2 heteroatoms. The first-order valence-corrected chi connectivity index (χ1v) is 6.18. The lowest BCUT2D eigenvalue weighted by atomic mass is 9.99. The van der Waals surface area contributed by atoms with Gasteiger partial charge in [-0.2, -0.15) is 0 Å². The maximum Gasteiger partial charge on any atom is 0.0252 e. The van der Waals surface area contributed by atoms with Gasteiger partial charge < -0.3 is 4.90 Å². The molecular formula is C11H22ClN. The molecule has 1 nitrogen and oxygen atoms in total. The van der Waals surface area contributed by atoms with Crippen LogP contribution in [0.15, 0.2) is 0 Å². The van der Waals surface area contributed by atoms with Crippen molar-refractivity contribution in [2.24, 2.45) is 5.92 Å². The second-order valence-corrected chi connectivity index (χ2v) is 4.46. The minimum Gasteiger partial charge on any atom is -0.303 e. The van der Waals surface area contributed by atoms with E-state index in [1.54, 1.807) is 0 Å². The van der Waals surface area contributed by atoms with Gasteiger partial charge in [0.1, 0.15) is 0 Å². The van der Waals surface area contributed by atoms with Crippen LogP contribution in [0.2, 0.25) is 0 Å². The number of alkyl halides is 1. The molecule has 0 N–H and O–H groups in total. The van der Waals surface area contributed by atoms with Gasteiger partial charge in [-0.1, -0.05) is 19.8 Å². The molecule has 0 saturated carbocycles. The van der Waals surface area contributed by atoms with Crippen LogP contribution in [0, 0.1) is 5.92 Å². The molecule has 1 aliphatic heterocycles. The van der Waals surface area contributed by atoms with Crippen molar-refractivity contribution in [1.82, 2.24) is 4.90 Å². The largest absolute Gasteiger partial charge is 0.303 e. The average Bonchev–Trinajstić information content (AvgIpc) is 2.19. The normalized spacial score (nSPS) is 20.8. The fraction of sp³-hybridized carbons (Fsp3) is 1.00. The summed E-state index contributed by atoms with van der Waals surface area (Å²) in [4.78, 5) is 2.60. The summed E-state index contributed by atoms with van der Waals surface area (Å²) in [6.07, 6.45) is 6.72. The molecule has 0 aromatic rings. The van der Waals surface area contributed by atoms with Crippen molar-refractivity contribution < 1.29 is 0 Å². The van der Waals surface area contributed by atoms with E-state index < -0.39 is 0 Å². The Balaban J connectivity index is 2.03. The molecule has 0 unspecified atom stereocenters. The lowest BCUT2D eigenvalue weighted by molar-refractivity contribution is 0.191. The van der Waals surface area contributed by atoms with Crippen LogP contribution in [0.1, 0.15) is 39.0 Å². The molecule has 0 spiro atoms. The summed E-state index contributed by atoms with van der Waals surface area (Å²) >= 11 is 5.84. The molecule has 0 bridgehead atoms. The van der Waals surface area contributed by atoms with Crippen LogP contribution in [0.5, 0.6) is 0 Å². The molecule has 0 aliphatic carbocycles. The van der Waals surface area contributed by atoms with Crippen LogP contribution in [-0.2, 0) is 0 Å². The number of piperidine rings is 1. The molecule has 0 radical (unpaired) electrons. The van der Waals surface area contributed by atoms with Crippen molar-refractivity contribution in [3.8, 4) is 0 Å². The Bertz CT molecular complexity index is 117. The molecule has 1 heterocycles. The molecule has 1 aliphatic rings. The van der Waals surface area contributed by atoms with E-state index >= 15 is 0 Å². The SMILES string of the molecule is CCCCCN1CCC(CCl)CC1. The van der Waals surface area contributed by atoms with Crippen molar-refractivity contribution in [3.63, 3.8) is 0 Å². The monoisotopic (exact) mass is 203 g/mol. The zero-order valence-corrected chi connectivity index (χ0v) is 9.52. The summed E-state index contributed by atoms with van der Waals surface area (Å²) < 4.78 is 0. The Hall–Kier alpha value is 0.250. The molecule has 0 aromatic carbocycles. The van der Waals surface area contributed by atoms with Crippen LogP contribution in [-0.4, -0.2) is 30.4 Å². The van der Waals surface area contributed by atoms with E-state index in [4.69, 9.17) is 11.6 Å². The molecule has 1 rings (SSSR count). The number of nitrogens with zero attached hydrogens (tertiary/aromatic N) is 1. The van der Waals surface area contributed by atoms with Gasteiger partial charge in [0, 0.05) is 5.88 Å². The van der Waals surface area contributed by atoms with E-state index in [0.717, 1.165) is 11.8 Å². The topological polar surface area (TPSA) is 3.24 Å². The highest BCUT2D eigenvalue weighted by Crippen LogP contribution is 2.18. The molecule has 13 heavy (non-hydrogen) atoms. The minimum absolute atomic E-state index is 0.795. The van der Waals surface area contributed by atoms with Gasteiger partial charge in [0.15, 0.2) is 0 Å². The van der Waals surface area contributed by atoms with Gasteiger partial charge in [-0.15, -0.1) is 11.6 Å². The molecule has 1 saturated heterocycles. The number of likely N-dealkylation sites (tertiary alicyclic amines) is 1. The van der Waals surface area contributed by atoms with E-state index in [9.17, 15) is 0 Å². The second kappa shape index (κ2) is 6.67. The third-order valence-corrected chi connectivity index (χ3v) is 3.44. The standard InChI is InChI=1S/C11H22ClN/c1-2-3-4-7-13-8-5-11(10-12)6-9-13/h11H,2-10H2,1H3. The summed E-state index contributed by atoms with van der Waals surface area (Å²) in [6, 6.07) is 0. The fourth-order valence-electron chi connectivity index (χ4n) is 1.95. The molecule has 0 aromatic heterocycles. The predicted molar refractivity (Wildman–Crippen MR) is 59.4 cm³/mol. The van der Waals surface area contributed by atoms with E-state index in [0.29, 0.717) is 0 Å². The van der Waals surface area contributed by atoms with E-state index in [1.807, 2.05) is 0 Å². The summed E-state index contributed by atoms with van der Waals surface area (Å²) in [7, 11) is 0. The van der Waals surface area contributed by atoms with Crippen molar-refractivity contribution in [1.29, 1.82) is 0 Å². The number of hydrogen-bond donors (Lipinski definition) is 0. The van der Waals surface area contributed by atoms with Crippen LogP contribution < -0.4 is 0 Å². The molecule has 0 atom stereocenters. The first kappa shape index (κ1) is 11.3. The van der Waals surface area contributed by atoms with Crippen LogP contribution in [0.25, 0.3) is 0 Å². The Morgan fingerprint density at radius 2 is 1.92 bits per heavy atom. The number of unbranched alkanes of at least 4 members (excludes halogenated alkanes) is 2. The van der Waals surface area contributed by atoms with Gasteiger partial charge in [-0.05, 0) is 44.8 Å². The van der Waals surface area contributed by atoms with Crippen LogP contribution in [0.4, 0.5) is 0 Å². The number of hydrogen-bond acceptors (Lipinski definition) is 1. The van der Waals surface area contributed by atoms with Crippen molar-refractivity contribution in [2.45, 2.75) is 39.0 Å². The Kier molecular flexibility index (Phi) is 5.81. The average molecular weight is 204 g/mol. The maximum atomic E-state index is 5.84. The summed E-state index contributed by atoms with van der Waals surface area (Å²) in [5, 5.41) is 0. The first-order valence-electron chi connectivity index (χ1n) is 5.65. The van der Waals surface area contributed by atoms with Crippen LogP contribution in [0.3, 0.4) is 0 Å². The summed E-state index contributed by atoms with van der Waals surface area (Å²) in [6.45, 7) is 6.13. The smallest absolute Gasteiger partial charge is 0.0252 e. The lowest BCUT2D eigenvalue weighted by Gasteiger charge is -2.30. The van der Waals surface area contributed by atoms with Gasteiger partial charge in [0.05, 0.1) is 0 Å². The Labute approximate surface area is 87.4 Å². The zero-order valence-electron chi connectivity index (χ0n) is 8.77. The van der Waals surface area contributed by atoms with E-state index in [-0.39, 0.29) is 0 Å². The number of halogens is 1. The maximum absolute atomic E-state index is 5.84. The van der Waals surface area contributed by atoms with Gasteiger partial charge in [-0.25, -0.2) is 0 Å². The third kappa shape index (κ3) is 4.33. The third-order valence-electron chi connectivity index (χ3n) is 3.00. The van der Waals surface area contributed by atoms with Gasteiger partial charge in [0.2, 0.25) is 0 Å². The van der Waals surface area contributed by atoms with Crippen molar-refractivity contribution in [2.75, 3.05) is 25.5 Å². The number of rotatable bonds is 5. The Morgan fingerprint density at radius 1 is 1.23 bits per heavy atom. The summed E-state index contributed by atoms with van der Waals surface area (Å²) in [5.74, 6) is 1.66. The zero-order chi connectivity index (χ0) is 9.52. The highest BCUT2D eigenvalue weighted by molar-refractivity contribution is 6.18. The fourth-order valence-corrected chi connectivity index (χ4v) is 2.26. The summed E-state index contributed by atoms with van der Waals surface area (Å²) in [5.41, 5.74) is 0. The van der Waals surface area contributed by atoms with Gasteiger partial charge >= 0.3 is 0 Å². The Morgan fingerprint density at radius 3 is 2.46 bits per heavy atom. The van der Waals surface area contributed by atoms with E-state index in [1.165, 1.54) is 51.7 Å².